The Morgan fingerprint density at radius 1 is 1.30 bits per heavy atom. The molecule has 0 aromatic carbocycles. The first-order chi connectivity index (χ1) is 9.66. The van der Waals surface area contributed by atoms with Gasteiger partial charge in [-0.15, -0.1) is 0 Å². The molecule has 2 heterocycles. The average Bonchev–Trinajstić information content (AvgIpc) is 2.95. The third-order valence-electron chi connectivity index (χ3n) is 3.13. The van der Waals surface area contributed by atoms with Crippen LogP contribution in [0.3, 0.4) is 0 Å². The summed E-state index contributed by atoms with van der Waals surface area (Å²) in [5.74, 6) is 0.856. The van der Waals surface area contributed by atoms with Crippen molar-refractivity contribution >= 4 is 40.0 Å². The molecule has 1 aromatic heterocycles. The maximum absolute atomic E-state index is 7.00. The van der Waals surface area contributed by atoms with Crippen molar-refractivity contribution in [3.63, 3.8) is 0 Å². The van der Waals surface area contributed by atoms with Crippen LogP contribution in [0.1, 0.15) is 25.0 Å². The molecule has 0 unspecified atom stereocenters. The predicted octanol–water partition coefficient (Wildman–Crippen LogP) is 2.55. The number of aryl methyl sites for hydroxylation is 1. The van der Waals surface area contributed by atoms with Crippen molar-refractivity contribution in [3.8, 4) is 0 Å². The minimum Gasteiger partial charge on any atom is -0.400 e. The molecule has 114 valence electrons. The van der Waals surface area contributed by atoms with Gasteiger partial charge in [-0.1, -0.05) is 0 Å². The van der Waals surface area contributed by atoms with Gasteiger partial charge >= 0.3 is 0 Å². The van der Waals surface area contributed by atoms with Crippen LogP contribution in [0.15, 0.2) is 0 Å². The zero-order chi connectivity index (χ0) is 15.0. The second-order valence-electron chi connectivity index (χ2n) is 4.57. The zero-order valence-electron chi connectivity index (χ0n) is 12.0. The Morgan fingerprint density at radius 3 is 2.60 bits per heavy atom. The third kappa shape index (κ3) is 5.67. The summed E-state index contributed by atoms with van der Waals surface area (Å²) in [6, 6.07) is 0. The Hall–Kier alpha value is -0.180. The second-order valence-corrected chi connectivity index (χ2v) is 5.99. The first-order valence-corrected chi connectivity index (χ1v) is 8.23. The van der Waals surface area contributed by atoms with Gasteiger partial charge in [-0.3, -0.25) is 0 Å². The van der Waals surface area contributed by atoms with Crippen molar-refractivity contribution in [2.45, 2.75) is 26.2 Å². The number of hydrogen-bond donors (Lipinski definition) is 2. The SMILES string of the molecule is CO.Cc1nc(Cl)nc(NCCCN2CCCC2)c1I. The van der Waals surface area contributed by atoms with Crippen molar-refractivity contribution in [2.75, 3.05) is 38.6 Å². The molecular weight excluding hydrogens is 391 g/mol. The maximum Gasteiger partial charge on any atom is 0.224 e. The molecule has 0 spiro atoms. The van der Waals surface area contributed by atoms with Crippen LogP contribution >= 0.6 is 34.2 Å². The summed E-state index contributed by atoms with van der Waals surface area (Å²) in [5.41, 5.74) is 0.928. The van der Waals surface area contributed by atoms with Crippen LogP contribution < -0.4 is 5.32 Å². The molecule has 0 aliphatic carbocycles. The van der Waals surface area contributed by atoms with E-state index in [4.69, 9.17) is 16.7 Å². The summed E-state index contributed by atoms with van der Waals surface area (Å²) in [6.45, 7) is 6.57. The third-order valence-corrected chi connectivity index (χ3v) is 4.59. The molecule has 0 atom stereocenters. The fourth-order valence-electron chi connectivity index (χ4n) is 2.16. The van der Waals surface area contributed by atoms with E-state index >= 15 is 0 Å². The first-order valence-electron chi connectivity index (χ1n) is 6.77. The lowest BCUT2D eigenvalue weighted by atomic mass is 10.3. The molecule has 0 saturated carbocycles. The van der Waals surface area contributed by atoms with Gasteiger partial charge in [0.2, 0.25) is 5.28 Å². The Kier molecular flexibility index (Phi) is 8.67. The molecule has 2 N–H and O–H groups in total. The van der Waals surface area contributed by atoms with Crippen LogP contribution in [0.4, 0.5) is 5.82 Å². The number of aromatic nitrogens is 2. The summed E-state index contributed by atoms with van der Waals surface area (Å²) in [5, 5.41) is 10.7. The smallest absolute Gasteiger partial charge is 0.224 e. The minimum absolute atomic E-state index is 0.315. The quantitative estimate of drug-likeness (QED) is 0.442. The molecule has 5 nitrogen and oxygen atoms in total. The van der Waals surface area contributed by atoms with Gasteiger partial charge in [0.05, 0.1) is 9.26 Å². The van der Waals surface area contributed by atoms with Gasteiger partial charge in [0, 0.05) is 13.7 Å². The summed E-state index contributed by atoms with van der Waals surface area (Å²) >= 11 is 8.12. The molecule has 0 bridgehead atoms. The normalized spacial score (nSPS) is 14.8. The number of anilines is 1. The lowest BCUT2D eigenvalue weighted by Crippen LogP contribution is -2.22. The van der Waals surface area contributed by atoms with E-state index in [2.05, 4.69) is 42.8 Å². The zero-order valence-corrected chi connectivity index (χ0v) is 14.9. The second kappa shape index (κ2) is 9.70. The summed E-state index contributed by atoms with van der Waals surface area (Å²) in [6.07, 6.45) is 3.84. The van der Waals surface area contributed by atoms with Crippen LogP contribution in [0.5, 0.6) is 0 Å². The van der Waals surface area contributed by atoms with Crippen LogP contribution in [0.2, 0.25) is 5.28 Å². The molecule has 1 aliphatic rings. The summed E-state index contributed by atoms with van der Waals surface area (Å²) in [4.78, 5) is 10.9. The van der Waals surface area contributed by atoms with Crippen molar-refractivity contribution in [2.24, 2.45) is 0 Å². The summed E-state index contributed by atoms with van der Waals surface area (Å²) < 4.78 is 1.05. The van der Waals surface area contributed by atoms with E-state index in [-0.39, 0.29) is 0 Å². The number of halogens is 2. The number of hydrogen-bond acceptors (Lipinski definition) is 5. The maximum atomic E-state index is 7.00. The molecular formula is C13H22ClIN4O. The van der Waals surface area contributed by atoms with E-state index in [1.54, 1.807) is 0 Å². The van der Waals surface area contributed by atoms with Crippen LogP contribution in [-0.2, 0) is 0 Å². The molecule has 1 aliphatic heterocycles. The van der Waals surface area contributed by atoms with Crippen LogP contribution in [0, 0.1) is 10.5 Å². The molecule has 7 heteroatoms. The topological polar surface area (TPSA) is 61.3 Å². The Balaban J connectivity index is 0.000000956. The van der Waals surface area contributed by atoms with E-state index in [1.165, 1.54) is 32.5 Å². The van der Waals surface area contributed by atoms with E-state index in [0.717, 1.165) is 35.2 Å². The number of likely N-dealkylation sites (tertiary alicyclic amines) is 1. The summed E-state index contributed by atoms with van der Waals surface area (Å²) in [7, 11) is 1.00. The van der Waals surface area contributed by atoms with Gasteiger partial charge in [-0.05, 0) is 80.0 Å². The van der Waals surface area contributed by atoms with Crippen molar-refractivity contribution in [1.82, 2.24) is 14.9 Å². The van der Waals surface area contributed by atoms with E-state index < -0.39 is 0 Å². The first kappa shape index (κ1) is 17.9. The number of nitrogens with one attached hydrogen (secondary N) is 1. The molecule has 1 saturated heterocycles. The minimum atomic E-state index is 0.315. The van der Waals surface area contributed by atoms with Crippen molar-refractivity contribution in [3.05, 3.63) is 14.5 Å². The molecule has 0 radical (unpaired) electrons. The van der Waals surface area contributed by atoms with Gasteiger partial charge in [-0.2, -0.15) is 4.98 Å². The highest BCUT2D eigenvalue weighted by Crippen LogP contribution is 2.20. The van der Waals surface area contributed by atoms with Crippen molar-refractivity contribution in [1.29, 1.82) is 0 Å². The average molecular weight is 413 g/mol. The van der Waals surface area contributed by atoms with Gasteiger partial charge in [0.25, 0.3) is 0 Å². The fraction of sp³-hybridized carbons (Fsp3) is 0.692. The van der Waals surface area contributed by atoms with Gasteiger partial charge in [0.15, 0.2) is 0 Å². The lowest BCUT2D eigenvalue weighted by Gasteiger charge is -2.15. The number of nitrogens with zero attached hydrogens (tertiary/aromatic N) is 3. The van der Waals surface area contributed by atoms with Gasteiger partial charge in [0.1, 0.15) is 5.82 Å². The molecule has 1 aromatic rings. The predicted molar refractivity (Wildman–Crippen MR) is 91.4 cm³/mol. The molecule has 1 fully saturated rings. The number of aliphatic hydroxyl groups excluding tert-OH is 1. The van der Waals surface area contributed by atoms with E-state index in [9.17, 15) is 0 Å². The van der Waals surface area contributed by atoms with Crippen molar-refractivity contribution < 1.29 is 5.11 Å². The highest BCUT2D eigenvalue weighted by Gasteiger charge is 2.11. The fourth-order valence-corrected chi connectivity index (χ4v) is 2.80. The molecule has 0 amide bonds. The molecule has 2 rings (SSSR count). The van der Waals surface area contributed by atoms with E-state index in [0.29, 0.717) is 5.28 Å². The highest BCUT2D eigenvalue weighted by molar-refractivity contribution is 14.1. The lowest BCUT2D eigenvalue weighted by molar-refractivity contribution is 0.337. The van der Waals surface area contributed by atoms with Gasteiger partial charge < -0.3 is 15.3 Å². The number of rotatable bonds is 5. The Labute approximate surface area is 139 Å². The Bertz CT molecular complexity index is 414. The number of aliphatic hydroxyl groups is 1. The van der Waals surface area contributed by atoms with Crippen LogP contribution in [-0.4, -0.2) is 53.3 Å². The highest BCUT2D eigenvalue weighted by atomic mass is 127. The Morgan fingerprint density at radius 2 is 1.95 bits per heavy atom. The standard InChI is InChI=1S/C12H18ClIN4.CH4O/c1-9-10(14)11(17-12(13)16-9)15-5-4-8-18-6-2-3-7-18;1-2/h2-8H2,1H3,(H,15,16,17);2H,1H3. The van der Waals surface area contributed by atoms with Crippen LogP contribution in [0.25, 0.3) is 0 Å². The monoisotopic (exact) mass is 412 g/mol. The van der Waals surface area contributed by atoms with Gasteiger partial charge in [-0.25, -0.2) is 4.98 Å². The largest absolute Gasteiger partial charge is 0.400 e. The van der Waals surface area contributed by atoms with E-state index in [1.807, 2.05) is 6.92 Å². The molecule has 20 heavy (non-hydrogen) atoms.